The van der Waals surface area contributed by atoms with Crippen molar-refractivity contribution in [3.05, 3.63) is 36.9 Å². The molecule has 0 radical (unpaired) electrons. The van der Waals surface area contributed by atoms with Crippen molar-refractivity contribution < 1.29 is 0 Å². The summed E-state index contributed by atoms with van der Waals surface area (Å²) in [6.07, 6.45) is 2.04. The van der Waals surface area contributed by atoms with Crippen molar-refractivity contribution in [2.45, 2.75) is 39.7 Å². The van der Waals surface area contributed by atoms with Gasteiger partial charge in [0.25, 0.3) is 0 Å². The van der Waals surface area contributed by atoms with Gasteiger partial charge in [-0.25, -0.2) is 4.98 Å². The van der Waals surface area contributed by atoms with Gasteiger partial charge >= 0.3 is 0 Å². The van der Waals surface area contributed by atoms with E-state index >= 15 is 0 Å². The number of hydrogen-bond acceptors (Lipinski definition) is 4. The monoisotopic (exact) mass is 314 g/mol. The zero-order chi connectivity index (χ0) is 13.8. The third kappa shape index (κ3) is 3.78. The van der Waals surface area contributed by atoms with E-state index in [-0.39, 0.29) is 6.04 Å². The molecule has 0 saturated carbocycles. The Labute approximate surface area is 127 Å². The first-order valence-electron chi connectivity index (χ1n) is 6.49. The summed E-state index contributed by atoms with van der Waals surface area (Å²) >= 11 is 9.88. The molecule has 104 valence electrons. The Morgan fingerprint density at radius 3 is 2.63 bits per heavy atom. The second-order valence-electron chi connectivity index (χ2n) is 4.69. The van der Waals surface area contributed by atoms with Crippen LogP contribution in [0, 0.1) is 13.8 Å². The molecule has 0 aliphatic carbocycles. The van der Waals surface area contributed by atoms with Crippen molar-refractivity contribution in [3.63, 3.8) is 0 Å². The first kappa shape index (κ1) is 15.0. The maximum absolute atomic E-state index is 6.41. The van der Waals surface area contributed by atoms with Gasteiger partial charge in [0.05, 0.1) is 10.0 Å². The summed E-state index contributed by atoms with van der Waals surface area (Å²) in [6, 6.07) is 0.275. The third-order valence-electron chi connectivity index (χ3n) is 2.93. The van der Waals surface area contributed by atoms with Crippen LogP contribution in [-0.2, 0) is 6.42 Å². The number of thiazole rings is 1. The maximum Gasteiger partial charge on any atom is 0.0947 e. The van der Waals surface area contributed by atoms with Crippen LogP contribution >= 0.6 is 34.3 Å². The van der Waals surface area contributed by atoms with Gasteiger partial charge in [0.1, 0.15) is 0 Å². The largest absolute Gasteiger partial charge is 0.309 e. The van der Waals surface area contributed by atoms with Gasteiger partial charge in [-0.2, -0.15) is 0 Å². The van der Waals surface area contributed by atoms with Gasteiger partial charge in [-0.1, -0.05) is 18.5 Å². The van der Waals surface area contributed by atoms with Crippen molar-refractivity contribution in [3.8, 4) is 0 Å². The van der Waals surface area contributed by atoms with E-state index in [1.807, 2.05) is 6.92 Å². The topological polar surface area (TPSA) is 24.9 Å². The number of thiophene rings is 1. The van der Waals surface area contributed by atoms with Crippen LogP contribution in [0.5, 0.6) is 0 Å². The summed E-state index contributed by atoms with van der Waals surface area (Å²) in [6.45, 7) is 7.28. The van der Waals surface area contributed by atoms with E-state index in [4.69, 9.17) is 11.6 Å². The minimum absolute atomic E-state index is 0.275. The van der Waals surface area contributed by atoms with E-state index < -0.39 is 0 Å². The van der Waals surface area contributed by atoms with Crippen LogP contribution in [0.2, 0.25) is 5.02 Å². The fourth-order valence-electron chi connectivity index (χ4n) is 1.93. The van der Waals surface area contributed by atoms with Crippen LogP contribution in [0.25, 0.3) is 0 Å². The second kappa shape index (κ2) is 6.84. The Morgan fingerprint density at radius 1 is 1.32 bits per heavy atom. The van der Waals surface area contributed by atoms with Crippen molar-refractivity contribution in [1.29, 1.82) is 0 Å². The number of nitrogens with one attached hydrogen (secondary N) is 1. The molecule has 0 saturated heterocycles. The summed E-state index contributed by atoms with van der Waals surface area (Å²) in [5.74, 6) is 0. The quantitative estimate of drug-likeness (QED) is 0.831. The standard InChI is InChI=1S/C14H19ClN2S2/c1-4-5-16-11(6-12-17-10(3)8-18-12)14-13(15)9(2)7-19-14/h7-8,11,16H,4-6H2,1-3H3. The lowest BCUT2D eigenvalue weighted by molar-refractivity contribution is 0.535. The Kier molecular flexibility index (Phi) is 5.39. The van der Waals surface area contributed by atoms with E-state index in [0.29, 0.717) is 0 Å². The average Bonchev–Trinajstić information content (AvgIpc) is 2.93. The van der Waals surface area contributed by atoms with Crippen LogP contribution in [0.3, 0.4) is 0 Å². The molecule has 2 aromatic rings. The van der Waals surface area contributed by atoms with Crippen LogP contribution in [0.1, 0.15) is 40.5 Å². The Balaban J connectivity index is 2.18. The van der Waals surface area contributed by atoms with Gasteiger partial charge in [-0.05, 0) is 37.8 Å². The number of hydrogen-bond donors (Lipinski definition) is 1. The molecule has 1 N–H and O–H groups in total. The number of aromatic nitrogens is 1. The summed E-state index contributed by atoms with van der Waals surface area (Å²) in [4.78, 5) is 5.80. The lowest BCUT2D eigenvalue weighted by Crippen LogP contribution is -2.23. The molecule has 1 atom stereocenters. The van der Waals surface area contributed by atoms with Gasteiger partial charge in [-0.15, -0.1) is 22.7 Å². The first-order chi connectivity index (χ1) is 9.11. The molecule has 5 heteroatoms. The highest BCUT2D eigenvalue weighted by Crippen LogP contribution is 2.34. The van der Waals surface area contributed by atoms with Gasteiger partial charge in [0.2, 0.25) is 0 Å². The van der Waals surface area contributed by atoms with Crippen molar-refractivity contribution in [2.75, 3.05) is 6.54 Å². The van der Waals surface area contributed by atoms with Crippen LogP contribution in [-0.4, -0.2) is 11.5 Å². The second-order valence-corrected chi connectivity index (χ2v) is 6.92. The van der Waals surface area contributed by atoms with E-state index in [0.717, 1.165) is 30.1 Å². The Hall–Kier alpha value is -0.420. The molecule has 0 aromatic carbocycles. The van der Waals surface area contributed by atoms with E-state index in [1.165, 1.54) is 15.4 Å². The molecular weight excluding hydrogens is 296 g/mol. The molecule has 0 fully saturated rings. The molecule has 0 amide bonds. The molecule has 0 aliphatic heterocycles. The molecule has 2 nitrogen and oxygen atoms in total. The van der Waals surface area contributed by atoms with Gasteiger partial charge < -0.3 is 5.32 Å². The number of halogens is 1. The number of nitrogens with zero attached hydrogens (tertiary/aromatic N) is 1. The Morgan fingerprint density at radius 2 is 2.11 bits per heavy atom. The van der Waals surface area contributed by atoms with E-state index in [1.54, 1.807) is 22.7 Å². The summed E-state index contributed by atoms with van der Waals surface area (Å²) in [5.41, 5.74) is 2.27. The minimum Gasteiger partial charge on any atom is -0.309 e. The fourth-order valence-corrected chi connectivity index (χ4v) is 4.15. The highest BCUT2D eigenvalue weighted by atomic mass is 35.5. The van der Waals surface area contributed by atoms with Crippen molar-refractivity contribution in [1.82, 2.24) is 10.3 Å². The first-order valence-corrected chi connectivity index (χ1v) is 8.63. The zero-order valence-corrected chi connectivity index (χ0v) is 13.9. The van der Waals surface area contributed by atoms with Gasteiger partial charge in [-0.3, -0.25) is 0 Å². The SMILES string of the molecule is CCCNC(Cc1nc(C)cs1)c1scc(C)c1Cl. The highest BCUT2D eigenvalue weighted by Gasteiger charge is 2.19. The minimum atomic E-state index is 0.275. The Bertz CT molecular complexity index is 533. The number of rotatable bonds is 6. The molecule has 2 aromatic heterocycles. The van der Waals surface area contributed by atoms with Crippen LogP contribution in [0.15, 0.2) is 10.8 Å². The van der Waals surface area contributed by atoms with Crippen LogP contribution in [0.4, 0.5) is 0 Å². The van der Waals surface area contributed by atoms with Crippen LogP contribution < -0.4 is 5.32 Å². The predicted molar refractivity (Wildman–Crippen MR) is 85.7 cm³/mol. The average molecular weight is 315 g/mol. The molecule has 0 spiro atoms. The summed E-state index contributed by atoms with van der Waals surface area (Å²) in [7, 11) is 0. The molecule has 0 bridgehead atoms. The van der Waals surface area contributed by atoms with Gasteiger partial charge in [0.15, 0.2) is 0 Å². The van der Waals surface area contributed by atoms with E-state index in [9.17, 15) is 0 Å². The molecule has 2 heterocycles. The van der Waals surface area contributed by atoms with Gasteiger partial charge in [0, 0.05) is 28.4 Å². The zero-order valence-electron chi connectivity index (χ0n) is 11.5. The molecule has 1 unspecified atom stereocenters. The smallest absolute Gasteiger partial charge is 0.0947 e. The third-order valence-corrected chi connectivity index (χ3v) is 5.74. The predicted octanol–water partition coefficient (Wildman–Crippen LogP) is 4.76. The normalized spacial score (nSPS) is 12.8. The summed E-state index contributed by atoms with van der Waals surface area (Å²) < 4.78 is 0. The molecule has 19 heavy (non-hydrogen) atoms. The number of aryl methyl sites for hydroxylation is 2. The lowest BCUT2D eigenvalue weighted by atomic mass is 10.1. The molecule has 0 aliphatic rings. The lowest BCUT2D eigenvalue weighted by Gasteiger charge is -2.16. The van der Waals surface area contributed by atoms with Crippen molar-refractivity contribution >= 4 is 34.3 Å². The molecule has 2 rings (SSSR count). The summed E-state index contributed by atoms with van der Waals surface area (Å²) in [5, 5.41) is 9.91. The highest BCUT2D eigenvalue weighted by molar-refractivity contribution is 7.11. The fraction of sp³-hybridized carbons (Fsp3) is 0.500. The maximum atomic E-state index is 6.41. The molecular formula is C14H19ClN2S2. The van der Waals surface area contributed by atoms with Crippen molar-refractivity contribution in [2.24, 2.45) is 0 Å². The van der Waals surface area contributed by atoms with E-state index in [2.05, 4.69) is 34.9 Å².